The Labute approximate surface area is 190 Å². The van der Waals surface area contributed by atoms with Crippen LogP contribution < -0.4 is 10.6 Å². The minimum Gasteiger partial charge on any atom is -0.389 e. The van der Waals surface area contributed by atoms with Gasteiger partial charge in [-0.3, -0.25) is 4.79 Å². The van der Waals surface area contributed by atoms with Gasteiger partial charge in [-0.1, -0.05) is 0 Å². The summed E-state index contributed by atoms with van der Waals surface area (Å²) in [5.41, 5.74) is 0.0577. The molecule has 4 N–H and O–H groups in total. The van der Waals surface area contributed by atoms with Crippen molar-refractivity contribution in [3.63, 3.8) is 0 Å². The first kappa shape index (κ1) is 20.4. The number of nitrogens with one attached hydrogen (secondary N) is 2. The second-order valence-corrected chi connectivity index (χ2v) is 10.1. The molecule has 3 aromatic rings. The lowest BCUT2D eigenvalue weighted by molar-refractivity contribution is -0.132. The van der Waals surface area contributed by atoms with Crippen molar-refractivity contribution in [3.8, 4) is 11.8 Å². The summed E-state index contributed by atoms with van der Waals surface area (Å²) in [6.07, 6.45) is -0.187. The Morgan fingerprint density at radius 3 is 2.81 bits per heavy atom. The normalized spacial score (nSPS) is 28.7. The van der Waals surface area contributed by atoms with E-state index < -0.39 is 23.7 Å². The molecule has 0 spiro atoms. The molecule has 2 unspecified atom stereocenters. The zero-order valence-electron chi connectivity index (χ0n) is 16.6. The lowest BCUT2D eigenvalue weighted by Gasteiger charge is -2.23. The van der Waals surface area contributed by atoms with Gasteiger partial charge in [0.25, 0.3) is 0 Å². The number of aromatic nitrogens is 4. The van der Waals surface area contributed by atoms with Gasteiger partial charge in [0.1, 0.15) is 6.10 Å². The van der Waals surface area contributed by atoms with E-state index >= 15 is 0 Å². The molecule has 2 aliphatic carbocycles. The number of aliphatic hydroxyl groups excluding tert-OH is 2. The quantitative estimate of drug-likeness (QED) is 0.395. The van der Waals surface area contributed by atoms with Crippen molar-refractivity contribution in [1.29, 1.82) is 0 Å². The molecule has 31 heavy (non-hydrogen) atoms. The maximum Gasteiger partial charge on any atom is 0.229 e. The van der Waals surface area contributed by atoms with Gasteiger partial charge in [-0.05, 0) is 46.3 Å². The molecule has 11 heteroatoms. The number of halogens is 1. The van der Waals surface area contributed by atoms with Crippen LogP contribution in [0, 0.1) is 23.2 Å². The minimum absolute atomic E-state index is 0.208. The fourth-order valence-electron chi connectivity index (χ4n) is 4.65. The molecule has 0 aliphatic heterocycles. The van der Waals surface area contributed by atoms with Gasteiger partial charge in [0, 0.05) is 20.0 Å². The number of fused-ring (bicyclic) bond motifs is 2. The molecule has 2 aliphatic rings. The van der Waals surface area contributed by atoms with E-state index in [0.717, 1.165) is 8.66 Å². The van der Waals surface area contributed by atoms with Gasteiger partial charge in [-0.15, -0.1) is 11.3 Å². The zero-order valence-corrected chi connectivity index (χ0v) is 19.0. The molecule has 5 atom stereocenters. The Kier molecular flexibility index (Phi) is 4.78. The summed E-state index contributed by atoms with van der Waals surface area (Å²) in [6, 6.07) is 3.31. The summed E-state index contributed by atoms with van der Waals surface area (Å²) in [5.74, 6) is 6.40. The Morgan fingerprint density at radius 1 is 1.32 bits per heavy atom. The van der Waals surface area contributed by atoms with Gasteiger partial charge >= 0.3 is 0 Å². The third-order valence-electron chi connectivity index (χ3n) is 6.17. The van der Waals surface area contributed by atoms with Crippen molar-refractivity contribution in [2.75, 3.05) is 19.4 Å². The second-order valence-electron chi connectivity index (χ2n) is 7.68. The predicted molar refractivity (Wildman–Crippen MR) is 119 cm³/mol. The molecular weight excluding hydrogens is 484 g/mol. The van der Waals surface area contributed by atoms with Crippen LogP contribution in [0.5, 0.6) is 0 Å². The second kappa shape index (κ2) is 7.27. The number of aliphatic hydroxyl groups is 2. The highest BCUT2D eigenvalue weighted by Gasteiger charge is 2.75. The molecule has 3 aromatic heterocycles. The van der Waals surface area contributed by atoms with Crippen molar-refractivity contribution in [2.24, 2.45) is 11.3 Å². The number of imidazole rings is 1. The summed E-state index contributed by atoms with van der Waals surface area (Å²) in [7, 11) is 3.27. The maximum atomic E-state index is 12.4. The third-order valence-corrected chi connectivity index (χ3v) is 7.71. The maximum absolute atomic E-state index is 12.4. The Balaban J connectivity index is 1.58. The van der Waals surface area contributed by atoms with E-state index in [1.165, 1.54) is 18.4 Å². The molecule has 0 aromatic carbocycles. The average Bonchev–Trinajstić information content (AvgIpc) is 3.02. The topological polar surface area (TPSA) is 125 Å². The number of rotatable bonds is 3. The minimum atomic E-state index is -1.15. The van der Waals surface area contributed by atoms with E-state index in [1.807, 2.05) is 12.1 Å². The van der Waals surface area contributed by atoms with Crippen LogP contribution in [0.4, 0.5) is 5.82 Å². The smallest absolute Gasteiger partial charge is 0.229 e. The monoisotopic (exact) mass is 502 g/mol. The average molecular weight is 503 g/mol. The van der Waals surface area contributed by atoms with Gasteiger partial charge in [0.05, 0.1) is 32.6 Å². The van der Waals surface area contributed by atoms with Crippen LogP contribution in [0.3, 0.4) is 0 Å². The zero-order chi connectivity index (χ0) is 21.9. The molecule has 5 rings (SSSR count). The van der Waals surface area contributed by atoms with Gasteiger partial charge < -0.3 is 25.4 Å². The van der Waals surface area contributed by atoms with Crippen LogP contribution in [-0.4, -0.2) is 61.9 Å². The molecule has 0 radical (unpaired) electrons. The van der Waals surface area contributed by atoms with E-state index in [2.05, 4.69) is 53.4 Å². The van der Waals surface area contributed by atoms with Gasteiger partial charge in [-0.25, -0.2) is 15.0 Å². The molecule has 2 saturated carbocycles. The number of thiophene rings is 1. The van der Waals surface area contributed by atoms with E-state index in [9.17, 15) is 15.0 Å². The third kappa shape index (κ3) is 2.97. The molecule has 160 valence electrons. The number of amides is 1. The molecule has 1 amide bonds. The van der Waals surface area contributed by atoms with E-state index in [4.69, 9.17) is 0 Å². The van der Waals surface area contributed by atoms with Crippen LogP contribution in [0.15, 0.2) is 22.2 Å². The van der Waals surface area contributed by atoms with Crippen molar-refractivity contribution in [1.82, 2.24) is 24.8 Å². The molecule has 3 heterocycles. The molecule has 0 bridgehead atoms. The lowest BCUT2D eigenvalue weighted by atomic mass is 9.98. The molecule has 0 saturated heterocycles. The number of anilines is 1. The van der Waals surface area contributed by atoms with Crippen LogP contribution in [0.1, 0.15) is 23.2 Å². The first-order valence-corrected chi connectivity index (χ1v) is 11.3. The van der Waals surface area contributed by atoms with E-state index in [1.54, 1.807) is 17.9 Å². The molecular formula is C20H19BrN6O3S. The Morgan fingerprint density at radius 2 is 2.13 bits per heavy atom. The number of carbonyl (C=O) groups excluding carboxylic acids is 1. The largest absolute Gasteiger partial charge is 0.389 e. The van der Waals surface area contributed by atoms with Crippen molar-refractivity contribution >= 4 is 50.2 Å². The van der Waals surface area contributed by atoms with Crippen LogP contribution in [-0.2, 0) is 4.79 Å². The van der Waals surface area contributed by atoms with Crippen molar-refractivity contribution in [2.45, 2.75) is 24.7 Å². The Hall–Kier alpha value is -2.52. The fourth-order valence-corrected chi connectivity index (χ4v) is 5.89. The SMILES string of the molecule is CNC(=O)[C@]12CC1[C@@H](n1cnc3c(NC)nc(C#Cc4ccc(Br)s4)nc31)C(O)[C@@H]2O. The van der Waals surface area contributed by atoms with E-state index in [0.29, 0.717) is 29.2 Å². The highest BCUT2D eigenvalue weighted by atomic mass is 79.9. The Bertz CT molecular complexity index is 1260. The van der Waals surface area contributed by atoms with Crippen molar-refractivity contribution in [3.05, 3.63) is 32.9 Å². The summed E-state index contributed by atoms with van der Waals surface area (Å²) >= 11 is 4.93. The van der Waals surface area contributed by atoms with Gasteiger partial charge in [0.15, 0.2) is 17.0 Å². The molecule has 9 nitrogen and oxygen atoms in total. The van der Waals surface area contributed by atoms with Crippen LogP contribution in [0.2, 0.25) is 0 Å². The number of hydrogen-bond donors (Lipinski definition) is 4. The number of carbonyl (C=O) groups is 1. The van der Waals surface area contributed by atoms with Gasteiger partial charge in [-0.2, -0.15) is 0 Å². The summed E-state index contributed by atoms with van der Waals surface area (Å²) in [5, 5.41) is 27.1. The highest BCUT2D eigenvalue weighted by Crippen LogP contribution is 2.67. The fraction of sp³-hybridized carbons (Fsp3) is 0.400. The summed E-state index contributed by atoms with van der Waals surface area (Å²) in [4.78, 5) is 26.8. The first-order chi connectivity index (χ1) is 14.9. The standard InChI is InChI=1S/C20H19BrN6O3S/c1-22-17-13-18(26-12(25-17)6-4-9-3-5-11(21)31-9)27(8-24-13)14-10-7-20(10,19(30)23-2)16(29)15(14)28/h3,5,8,10,14-16,28-29H,7H2,1-2H3,(H,23,30)(H,22,25,26)/t10?,14-,15?,16+,20-/m1/s1. The summed E-state index contributed by atoms with van der Waals surface area (Å²) < 4.78 is 2.72. The first-order valence-electron chi connectivity index (χ1n) is 9.68. The number of nitrogens with zero attached hydrogens (tertiary/aromatic N) is 4. The lowest BCUT2D eigenvalue weighted by Crippen LogP contribution is -2.41. The van der Waals surface area contributed by atoms with Crippen LogP contribution >= 0.6 is 27.3 Å². The molecule has 2 fully saturated rings. The predicted octanol–water partition coefficient (Wildman–Crippen LogP) is 1.12. The van der Waals surface area contributed by atoms with Crippen molar-refractivity contribution < 1.29 is 15.0 Å². The van der Waals surface area contributed by atoms with Gasteiger partial charge in [0.2, 0.25) is 11.7 Å². The van der Waals surface area contributed by atoms with Crippen LogP contribution in [0.25, 0.3) is 11.2 Å². The summed E-state index contributed by atoms with van der Waals surface area (Å²) in [6.45, 7) is 0. The highest BCUT2D eigenvalue weighted by molar-refractivity contribution is 9.11. The number of hydrogen-bond acceptors (Lipinski definition) is 8. The van der Waals surface area contributed by atoms with E-state index in [-0.39, 0.29) is 11.8 Å².